The molecule has 1 aromatic carbocycles. The average molecular weight is 361 g/mol. The zero-order valence-electron chi connectivity index (χ0n) is 12.8. The molecule has 0 aliphatic carbocycles. The van der Waals surface area contributed by atoms with Crippen LogP contribution in [0.25, 0.3) is 0 Å². The number of hydrogen-bond donors (Lipinski definition) is 0. The topological polar surface area (TPSA) is 17.4 Å². The van der Waals surface area contributed by atoms with E-state index in [1.807, 2.05) is 0 Å². The van der Waals surface area contributed by atoms with Crippen molar-refractivity contribution >= 4 is 15.9 Å². The monoisotopic (exact) mass is 360 g/mol. The van der Waals surface area contributed by atoms with Crippen molar-refractivity contribution < 1.29 is 4.74 Å². The molecule has 4 rings (SSSR count). The van der Waals surface area contributed by atoms with Gasteiger partial charge in [-0.25, -0.2) is 0 Å². The molecule has 3 heterocycles. The lowest BCUT2D eigenvalue weighted by atomic mass is 9.89. The maximum absolute atomic E-state index is 6.51. The summed E-state index contributed by atoms with van der Waals surface area (Å²) in [5, 5.41) is 0. The van der Waals surface area contributed by atoms with Crippen molar-refractivity contribution in [2.75, 3.05) is 20.1 Å². The number of nitrogens with zero attached hydrogens (tertiary/aromatic N) is 2. The van der Waals surface area contributed by atoms with Crippen LogP contribution < -0.4 is 4.74 Å². The molecule has 0 bridgehead atoms. The van der Waals surface area contributed by atoms with Crippen LogP contribution in [-0.4, -0.2) is 29.6 Å². The summed E-state index contributed by atoms with van der Waals surface area (Å²) >= 11 is 3.70. The lowest BCUT2D eigenvalue weighted by Crippen LogP contribution is -2.34. The smallest absolute Gasteiger partial charge is 0.141 e. The van der Waals surface area contributed by atoms with Gasteiger partial charge in [0.1, 0.15) is 11.9 Å². The van der Waals surface area contributed by atoms with Crippen LogP contribution in [0.1, 0.15) is 30.2 Å². The van der Waals surface area contributed by atoms with E-state index in [2.05, 4.69) is 68.8 Å². The highest BCUT2D eigenvalue weighted by atomic mass is 79.9. The van der Waals surface area contributed by atoms with Crippen LogP contribution in [0.3, 0.4) is 0 Å². The Hall–Kier alpha value is -1.26. The van der Waals surface area contributed by atoms with Crippen molar-refractivity contribution in [3.63, 3.8) is 0 Å². The first kappa shape index (κ1) is 14.3. The van der Waals surface area contributed by atoms with Gasteiger partial charge < -0.3 is 14.2 Å². The molecule has 1 fully saturated rings. The molecule has 2 aliphatic heterocycles. The molecular formula is C18H21BrN2O. The standard InChI is InChI=1S/C18H21BrN2O/c1-20-10-8-13(9-11-20)18-15-6-7-17(19)21(15)12-14-4-2-3-5-16(14)22-18/h2-7,13,18H,8-12H2,1H3. The molecule has 3 nitrogen and oxygen atoms in total. The number of ether oxygens (including phenoxy) is 1. The van der Waals surface area contributed by atoms with E-state index in [9.17, 15) is 0 Å². The van der Waals surface area contributed by atoms with Crippen LogP contribution >= 0.6 is 15.9 Å². The molecule has 0 spiro atoms. The predicted octanol–water partition coefficient (Wildman–Crippen LogP) is 4.07. The number of rotatable bonds is 1. The van der Waals surface area contributed by atoms with Gasteiger partial charge in [0.25, 0.3) is 0 Å². The normalized spacial score (nSPS) is 22.5. The molecule has 2 aliphatic rings. The first-order valence-corrected chi connectivity index (χ1v) is 8.80. The van der Waals surface area contributed by atoms with Crippen LogP contribution in [0.4, 0.5) is 0 Å². The Morgan fingerprint density at radius 2 is 1.86 bits per heavy atom. The summed E-state index contributed by atoms with van der Waals surface area (Å²) in [5.74, 6) is 1.63. The number of halogens is 1. The second-order valence-electron chi connectivity index (χ2n) is 6.45. The number of piperidine rings is 1. The summed E-state index contributed by atoms with van der Waals surface area (Å²) in [6, 6.07) is 12.8. The highest BCUT2D eigenvalue weighted by molar-refractivity contribution is 9.10. The van der Waals surface area contributed by atoms with Crippen molar-refractivity contribution in [2.45, 2.75) is 25.5 Å². The van der Waals surface area contributed by atoms with E-state index in [1.54, 1.807) is 0 Å². The van der Waals surface area contributed by atoms with Gasteiger partial charge in [-0.05, 0) is 67.1 Å². The molecule has 0 amide bonds. The maximum atomic E-state index is 6.51. The van der Waals surface area contributed by atoms with E-state index in [0.29, 0.717) is 5.92 Å². The van der Waals surface area contributed by atoms with Crippen LogP contribution in [0.15, 0.2) is 41.0 Å². The van der Waals surface area contributed by atoms with E-state index < -0.39 is 0 Å². The molecule has 116 valence electrons. The molecule has 0 N–H and O–H groups in total. The summed E-state index contributed by atoms with van der Waals surface area (Å²) < 4.78 is 10.0. The van der Waals surface area contributed by atoms with Crippen molar-refractivity contribution in [3.8, 4) is 5.75 Å². The number of benzene rings is 1. The summed E-state index contributed by atoms with van der Waals surface area (Å²) in [6.07, 6.45) is 2.56. The van der Waals surface area contributed by atoms with Crippen molar-refractivity contribution in [3.05, 3.63) is 52.3 Å². The molecule has 1 atom stereocenters. The quantitative estimate of drug-likeness (QED) is 0.762. The number of hydrogen-bond acceptors (Lipinski definition) is 2. The van der Waals surface area contributed by atoms with E-state index in [4.69, 9.17) is 4.74 Å². The van der Waals surface area contributed by atoms with Gasteiger partial charge in [-0.2, -0.15) is 0 Å². The third kappa shape index (κ3) is 2.48. The zero-order valence-corrected chi connectivity index (χ0v) is 14.4. The van der Waals surface area contributed by atoms with Gasteiger partial charge in [-0.15, -0.1) is 0 Å². The van der Waals surface area contributed by atoms with Gasteiger partial charge in [0.2, 0.25) is 0 Å². The average Bonchev–Trinajstić information content (AvgIpc) is 2.80. The molecule has 1 saturated heterocycles. The Morgan fingerprint density at radius 1 is 1.09 bits per heavy atom. The third-order valence-corrected chi connectivity index (χ3v) is 5.69. The highest BCUT2D eigenvalue weighted by Gasteiger charge is 2.33. The van der Waals surface area contributed by atoms with Gasteiger partial charge in [-0.1, -0.05) is 18.2 Å². The highest BCUT2D eigenvalue weighted by Crippen LogP contribution is 2.40. The molecule has 1 aromatic heterocycles. The Kier molecular flexibility index (Phi) is 3.74. The molecule has 1 unspecified atom stereocenters. The van der Waals surface area contributed by atoms with Gasteiger partial charge in [-0.3, -0.25) is 0 Å². The first-order chi connectivity index (χ1) is 10.7. The fourth-order valence-corrected chi connectivity index (χ4v) is 4.12. The number of para-hydroxylation sites is 1. The molecule has 22 heavy (non-hydrogen) atoms. The third-order valence-electron chi connectivity index (χ3n) is 5.00. The summed E-state index contributed by atoms with van der Waals surface area (Å²) in [7, 11) is 2.21. The van der Waals surface area contributed by atoms with Gasteiger partial charge >= 0.3 is 0 Å². The van der Waals surface area contributed by atoms with E-state index in [-0.39, 0.29) is 6.10 Å². The fourth-order valence-electron chi connectivity index (χ4n) is 3.66. The van der Waals surface area contributed by atoms with Crippen LogP contribution in [0.5, 0.6) is 5.75 Å². The van der Waals surface area contributed by atoms with E-state index in [0.717, 1.165) is 30.0 Å². The lowest BCUT2D eigenvalue weighted by molar-refractivity contribution is 0.0822. The second kappa shape index (κ2) is 5.74. The van der Waals surface area contributed by atoms with Crippen LogP contribution in [0, 0.1) is 5.92 Å². The molecule has 0 radical (unpaired) electrons. The Balaban J connectivity index is 1.74. The molecular weight excluding hydrogens is 340 g/mol. The molecule has 2 aromatic rings. The molecule has 0 saturated carbocycles. The number of aromatic nitrogens is 1. The Labute approximate surface area is 140 Å². The van der Waals surface area contributed by atoms with Gasteiger partial charge in [0.15, 0.2) is 0 Å². The maximum Gasteiger partial charge on any atom is 0.141 e. The van der Waals surface area contributed by atoms with Crippen molar-refractivity contribution in [1.29, 1.82) is 0 Å². The van der Waals surface area contributed by atoms with Crippen LogP contribution in [0.2, 0.25) is 0 Å². The summed E-state index contributed by atoms with van der Waals surface area (Å²) in [6.45, 7) is 3.20. The minimum Gasteiger partial charge on any atom is -0.484 e. The fraction of sp³-hybridized carbons (Fsp3) is 0.444. The Bertz CT molecular complexity index is 673. The Morgan fingerprint density at radius 3 is 2.68 bits per heavy atom. The second-order valence-corrected chi connectivity index (χ2v) is 7.27. The van der Waals surface area contributed by atoms with Gasteiger partial charge in [0, 0.05) is 11.5 Å². The summed E-state index contributed by atoms with van der Waals surface area (Å²) in [4.78, 5) is 2.41. The lowest BCUT2D eigenvalue weighted by Gasteiger charge is -2.34. The van der Waals surface area contributed by atoms with Crippen molar-refractivity contribution in [1.82, 2.24) is 9.47 Å². The van der Waals surface area contributed by atoms with Crippen molar-refractivity contribution in [2.24, 2.45) is 5.92 Å². The SMILES string of the molecule is CN1CCC(C2Oc3ccccc3Cn3c(Br)ccc32)CC1. The van der Waals surface area contributed by atoms with E-state index in [1.165, 1.54) is 24.1 Å². The molecule has 4 heteroatoms. The van der Waals surface area contributed by atoms with Gasteiger partial charge in [0.05, 0.1) is 16.8 Å². The number of likely N-dealkylation sites (tertiary alicyclic amines) is 1. The zero-order chi connectivity index (χ0) is 15.1. The minimum atomic E-state index is 0.156. The number of fused-ring (bicyclic) bond motifs is 2. The van der Waals surface area contributed by atoms with Crippen LogP contribution in [-0.2, 0) is 6.54 Å². The largest absolute Gasteiger partial charge is 0.484 e. The minimum absolute atomic E-state index is 0.156. The van der Waals surface area contributed by atoms with E-state index >= 15 is 0 Å². The predicted molar refractivity (Wildman–Crippen MR) is 91.3 cm³/mol. The first-order valence-electron chi connectivity index (χ1n) is 8.00. The summed E-state index contributed by atoms with van der Waals surface area (Å²) in [5.41, 5.74) is 2.56.